The SMILES string of the molecule is CC(C)c1ccc(S(=O)(=O)NCC(=O)N2CCCCCC2)cc1. The van der Waals surface area contributed by atoms with Crippen LogP contribution in [0, 0.1) is 0 Å². The molecular formula is C17H26N2O3S. The normalized spacial score (nSPS) is 16.4. The van der Waals surface area contributed by atoms with Crippen molar-refractivity contribution < 1.29 is 13.2 Å². The highest BCUT2D eigenvalue weighted by Crippen LogP contribution is 2.17. The Labute approximate surface area is 139 Å². The fourth-order valence-electron chi connectivity index (χ4n) is 2.70. The van der Waals surface area contributed by atoms with Crippen LogP contribution in [0.4, 0.5) is 0 Å². The van der Waals surface area contributed by atoms with Crippen LogP contribution in [0.3, 0.4) is 0 Å². The van der Waals surface area contributed by atoms with E-state index in [1.165, 1.54) is 0 Å². The van der Waals surface area contributed by atoms with Crippen LogP contribution in [-0.4, -0.2) is 38.9 Å². The van der Waals surface area contributed by atoms with Crippen molar-refractivity contribution in [2.24, 2.45) is 0 Å². The summed E-state index contributed by atoms with van der Waals surface area (Å²) >= 11 is 0. The molecule has 0 aromatic heterocycles. The summed E-state index contributed by atoms with van der Waals surface area (Å²) in [5.41, 5.74) is 1.09. The summed E-state index contributed by atoms with van der Waals surface area (Å²) in [5, 5.41) is 0. The number of nitrogens with one attached hydrogen (secondary N) is 1. The maximum Gasteiger partial charge on any atom is 0.241 e. The van der Waals surface area contributed by atoms with Crippen molar-refractivity contribution in [1.82, 2.24) is 9.62 Å². The first-order valence-electron chi connectivity index (χ1n) is 8.27. The molecule has 23 heavy (non-hydrogen) atoms. The molecule has 1 aliphatic rings. The number of amides is 1. The molecule has 6 heteroatoms. The van der Waals surface area contributed by atoms with Gasteiger partial charge in [-0.05, 0) is 36.5 Å². The molecule has 1 aliphatic heterocycles. The van der Waals surface area contributed by atoms with Gasteiger partial charge in [-0.25, -0.2) is 13.1 Å². The van der Waals surface area contributed by atoms with Crippen molar-refractivity contribution in [3.8, 4) is 0 Å². The number of rotatable bonds is 5. The Bertz CT molecular complexity index is 616. The highest BCUT2D eigenvalue weighted by molar-refractivity contribution is 7.89. The molecule has 0 bridgehead atoms. The van der Waals surface area contributed by atoms with E-state index < -0.39 is 10.0 Å². The molecule has 0 radical (unpaired) electrons. The van der Waals surface area contributed by atoms with Crippen LogP contribution in [0.1, 0.15) is 51.0 Å². The summed E-state index contributed by atoms with van der Waals surface area (Å²) in [7, 11) is -3.64. The van der Waals surface area contributed by atoms with Crippen molar-refractivity contribution in [3.63, 3.8) is 0 Å². The Morgan fingerprint density at radius 1 is 1.09 bits per heavy atom. The van der Waals surface area contributed by atoms with Gasteiger partial charge in [0.15, 0.2) is 0 Å². The van der Waals surface area contributed by atoms with Crippen LogP contribution in [0.2, 0.25) is 0 Å². The van der Waals surface area contributed by atoms with Crippen molar-refractivity contribution in [2.75, 3.05) is 19.6 Å². The topological polar surface area (TPSA) is 66.5 Å². The number of hydrogen-bond acceptors (Lipinski definition) is 3. The molecule has 0 saturated carbocycles. The average Bonchev–Trinajstić information content (AvgIpc) is 2.82. The first-order valence-corrected chi connectivity index (χ1v) is 9.76. The lowest BCUT2D eigenvalue weighted by Crippen LogP contribution is -2.40. The van der Waals surface area contributed by atoms with Crippen LogP contribution in [-0.2, 0) is 14.8 Å². The van der Waals surface area contributed by atoms with Gasteiger partial charge in [-0.15, -0.1) is 0 Å². The molecule has 1 saturated heterocycles. The van der Waals surface area contributed by atoms with Gasteiger partial charge in [0.05, 0.1) is 11.4 Å². The molecular weight excluding hydrogens is 312 g/mol. The van der Waals surface area contributed by atoms with Gasteiger partial charge in [0.1, 0.15) is 0 Å². The molecule has 1 N–H and O–H groups in total. The lowest BCUT2D eigenvalue weighted by molar-refractivity contribution is -0.129. The Morgan fingerprint density at radius 2 is 1.65 bits per heavy atom. The minimum absolute atomic E-state index is 0.144. The minimum atomic E-state index is -3.64. The van der Waals surface area contributed by atoms with Gasteiger partial charge in [0.25, 0.3) is 0 Å². The molecule has 1 fully saturated rings. The lowest BCUT2D eigenvalue weighted by atomic mass is 10.0. The lowest BCUT2D eigenvalue weighted by Gasteiger charge is -2.20. The fourth-order valence-corrected chi connectivity index (χ4v) is 3.68. The van der Waals surface area contributed by atoms with E-state index >= 15 is 0 Å². The fraction of sp³-hybridized carbons (Fsp3) is 0.588. The summed E-state index contributed by atoms with van der Waals surface area (Å²) in [6, 6.07) is 6.81. The van der Waals surface area contributed by atoms with Crippen LogP contribution < -0.4 is 4.72 Å². The average molecular weight is 338 g/mol. The highest BCUT2D eigenvalue weighted by atomic mass is 32.2. The van der Waals surface area contributed by atoms with Crippen LogP contribution >= 0.6 is 0 Å². The summed E-state index contributed by atoms with van der Waals surface area (Å²) in [6.45, 7) is 5.39. The largest absolute Gasteiger partial charge is 0.342 e. The van der Waals surface area contributed by atoms with E-state index in [0.717, 1.165) is 44.3 Å². The Balaban J connectivity index is 1.96. The van der Waals surface area contributed by atoms with Gasteiger partial charge in [-0.2, -0.15) is 0 Å². The number of nitrogens with zero attached hydrogens (tertiary/aromatic N) is 1. The molecule has 0 atom stereocenters. The molecule has 1 heterocycles. The summed E-state index contributed by atoms with van der Waals surface area (Å²) in [6.07, 6.45) is 4.26. The standard InChI is InChI=1S/C17H26N2O3S/c1-14(2)15-7-9-16(10-8-15)23(21,22)18-13-17(20)19-11-5-3-4-6-12-19/h7-10,14,18H,3-6,11-13H2,1-2H3. The third-order valence-corrected chi connectivity index (χ3v) is 5.65. The third-order valence-electron chi connectivity index (χ3n) is 4.23. The molecule has 0 spiro atoms. The monoisotopic (exact) mass is 338 g/mol. The summed E-state index contributed by atoms with van der Waals surface area (Å²) in [4.78, 5) is 14.1. The van der Waals surface area contributed by atoms with E-state index in [2.05, 4.69) is 18.6 Å². The van der Waals surface area contributed by atoms with E-state index in [4.69, 9.17) is 0 Å². The van der Waals surface area contributed by atoms with Crippen LogP contribution in [0.25, 0.3) is 0 Å². The molecule has 2 rings (SSSR count). The third kappa shape index (κ3) is 5.04. The molecule has 0 aliphatic carbocycles. The molecule has 5 nitrogen and oxygen atoms in total. The highest BCUT2D eigenvalue weighted by Gasteiger charge is 2.19. The number of carbonyl (C=O) groups excluding carboxylic acids is 1. The molecule has 1 amide bonds. The number of benzene rings is 1. The van der Waals surface area contributed by atoms with E-state index in [0.29, 0.717) is 5.92 Å². The van der Waals surface area contributed by atoms with E-state index in [9.17, 15) is 13.2 Å². The maximum atomic E-state index is 12.3. The van der Waals surface area contributed by atoms with Crippen molar-refractivity contribution in [3.05, 3.63) is 29.8 Å². The molecule has 1 aromatic carbocycles. The van der Waals surface area contributed by atoms with Crippen LogP contribution in [0.15, 0.2) is 29.2 Å². The van der Waals surface area contributed by atoms with Crippen molar-refractivity contribution in [2.45, 2.75) is 50.3 Å². The zero-order valence-electron chi connectivity index (χ0n) is 13.9. The number of sulfonamides is 1. The zero-order chi connectivity index (χ0) is 16.9. The van der Waals surface area contributed by atoms with E-state index in [-0.39, 0.29) is 17.3 Å². The Kier molecular flexibility index (Phi) is 6.18. The summed E-state index contributed by atoms with van der Waals surface area (Å²) < 4.78 is 27.0. The minimum Gasteiger partial charge on any atom is -0.342 e. The molecule has 0 unspecified atom stereocenters. The van der Waals surface area contributed by atoms with Crippen LogP contribution in [0.5, 0.6) is 0 Å². The van der Waals surface area contributed by atoms with Gasteiger partial charge in [-0.1, -0.05) is 38.8 Å². The predicted octanol–water partition coefficient (Wildman–Crippen LogP) is 2.49. The van der Waals surface area contributed by atoms with Crippen molar-refractivity contribution >= 4 is 15.9 Å². The Hall–Kier alpha value is -1.40. The van der Waals surface area contributed by atoms with Gasteiger partial charge in [-0.3, -0.25) is 4.79 Å². The Morgan fingerprint density at radius 3 is 2.17 bits per heavy atom. The second-order valence-corrected chi connectivity index (χ2v) is 8.11. The maximum absolute atomic E-state index is 12.3. The molecule has 128 valence electrons. The quantitative estimate of drug-likeness (QED) is 0.897. The van der Waals surface area contributed by atoms with E-state index in [1.807, 2.05) is 12.1 Å². The van der Waals surface area contributed by atoms with Gasteiger partial charge in [0, 0.05) is 13.1 Å². The smallest absolute Gasteiger partial charge is 0.241 e. The van der Waals surface area contributed by atoms with Gasteiger partial charge in [0.2, 0.25) is 15.9 Å². The second-order valence-electron chi connectivity index (χ2n) is 6.34. The number of hydrogen-bond donors (Lipinski definition) is 1. The predicted molar refractivity (Wildman–Crippen MR) is 90.8 cm³/mol. The number of likely N-dealkylation sites (tertiary alicyclic amines) is 1. The first-order chi connectivity index (χ1) is 10.9. The number of carbonyl (C=O) groups is 1. The summed E-state index contributed by atoms with van der Waals surface area (Å²) in [5.74, 6) is 0.207. The second kappa shape index (κ2) is 7.93. The van der Waals surface area contributed by atoms with Gasteiger partial charge >= 0.3 is 0 Å². The van der Waals surface area contributed by atoms with Gasteiger partial charge < -0.3 is 4.90 Å². The molecule has 1 aromatic rings. The van der Waals surface area contributed by atoms with E-state index in [1.54, 1.807) is 17.0 Å². The van der Waals surface area contributed by atoms with Crippen molar-refractivity contribution in [1.29, 1.82) is 0 Å². The zero-order valence-corrected chi connectivity index (χ0v) is 14.7. The first kappa shape index (κ1) is 17.9.